The van der Waals surface area contributed by atoms with E-state index in [2.05, 4.69) is 21.4 Å². The number of carbonyl (C=O) groups excluding carboxylic acids is 1. The molecule has 5 nitrogen and oxygen atoms in total. The molecule has 0 bridgehead atoms. The number of likely N-dealkylation sites (N-methyl/N-ethyl adjacent to an activating group) is 1. The molecule has 27 heavy (non-hydrogen) atoms. The predicted octanol–water partition coefficient (Wildman–Crippen LogP) is 4.31. The van der Waals surface area contributed by atoms with Gasteiger partial charge in [-0.3, -0.25) is 4.79 Å². The van der Waals surface area contributed by atoms with E-state index in [9.17, 15) is 4.79 Å². The zero-order valence-electron chi connectivity index (χ0n) is 15.4. The number of benzene rings is 1. The first-order valence-corrected chi connectivity index (χ1v) is 10.3. The average molecular weight is 381 g/mol. The van der Waals surface area contributed by atoms with Crippen LogP contribution >= 0.6 is 11.3 Å². The van der Waals surface area contributed by atoms with Crippen molar-refractivity contribution >= 4 is 28.1 Å². The second kappa shape index (κ2) is 7.96. The standard InChI is InChI=1S/C21H24N4OS/c1-2-25(21(26)19-12-15-6-3-4-9-18(15)24-19)17-8-5-7-16(13-17)23-14-20-22-10-11-27-20/h3-4,6,9-13,17,23-24H,2,5,7-8,14H2,1H3/t17-/m0/s1. The molecule has 1 aromatic carbocycles. The number of carbonyl (C=O) groups is 1. The Bertz CT molecular complexity index is 911. The molecule has 2 heterocycles. The van der Waals surface area contributed by atoms with E-state index in [-0.39, 0.29) is 11.9 Å². The number of hydrogen-bond acceptors (Lipinski definition) is 4. The number of H-pyrrole nitrogens is 1. The molecule has 1 amide bonds. The lowest BCUT2D eigenvalue weighted by Crippen LogP contribution is -2.41. The lowest BCUT2D eigenvalue weighted by molar-refractivity contribution is 0.0706. The minimum Gasteiger partial charge on any atom is -0.382 e. The molecular weight excluding hydrogens is 356 g/mol. The number of amides is 1. The van der Waals surface area contributed by atoms with Crippen molar-refractivity contribution in [3.8, 4) is 0 Å². The van der Waals surface area contributed by atoms with Crippen LogP contribution in [0.1, 0.15) is 41.7 Å². The fourth-order valence-corrected chi connectivity index (χ4v) is 4.25. The smallest absolute Gasteiger partial charge is 0.270 e. The third-order valence-corrected chi connectivity index (χ3v) is 5.83. The summed E-state index contributed by atoms with van der Waals surface area (Å²) in [6.45, 7) is 3.49. The molecule has 6 heteroatoms. The van der Waals surface area contributed by atoms with Crippen LogP contribution in [0.4, 0.5) is 0 Å². The van der Waals surface area contributed by atoms with Gasteiger partial charge >= 0.3 is 0 Å². The fourth-order valence-electron chi connectivity index (χ4n) is 3.70. The van der Waals surface area contributed by atoms with Crippen molar-refractivity contribution in [1.82, 2.24) is 20.2 Å². The van der Waals surface area contributed by atoms with Gasteiger partial charge in [-0.1, -0.05) is 18.2 Å². The quantitative estimate of drug-likeness (QED) is 0.670. The molecule has 2 aromatic heterocycles. The Kier molecular flexibility index (Phi) is 5.25. The Morgan fingerprint density at radius 1 is 1.41 bits per heavy atom. The predicted molar refractivity (Wildman–Crippen MR) is 110 cm³/mol. The van der Waals surface area contributed by atoms with Gasteiger partial charge in [-0.15, -0.1) is 11.3 Å². The molecule has 2 N–H and O–H groups in total. The van der Waals surface area contributed by atoms with Gasteiger partial charge in [-0.05, 0) is 44.4 Å². The lowest BCUT2D eigenvalue weighted by atomic mass is 9.98. The molecule has 4 rings (SSSR count). The van der Waals surface area contributed by atoms with Crippen LogP contribution in [0.15, 0.2) is 53.7 Å². The second-order valence-corrected chi connectivity index (χ2v) is 7.77. The maximum absolute atomic E-state index is 13.1. The number of hydrogen-bond donors (Lipinski definition) is 2. The largest absolute Gasteiger partial charge is 0.382 e. The summed E-state index contributed by atoms with van der Waals surface area (Å²) in [6.07, 6.45) is 7.17. The molecule has 0 unspecified atom stereocenters. The van der Waals surface area contributed by atoms with Gasteiger partial charge in [-0.2, -0.15) is 0 Å². The Morgan fingerprint density at radius 3 is 3.07 bits per heavy atom. The number of nitrogens with zero attached hydrogens (tertiary/aromatic N) is 2. The zero-order chi connectivity index (χ0) is 18.6. The summed E-state index contributed by atoms with van der Waals surface area (Å²) in [5, 5.41) is 7.64. The molecule has 1 aliphatic carbocycles. The van der Waals surface area contributed by atoms with Gasteiger partial charge in [0.25, 0.3) is 5.91 Å². The monoisotopic (exact) mass is 380 g/mol. The third-order valence-electron chi connectivity index (χ3n) is 5.05. The Balaban J connectivity index is 1.50. The summed E-state index contributed by atoms with van der Waals surface area (Å²) >= 11 is 1.66. The lowest BCUT2D eigenvalue weighted by Gasteiger charge is -2.32. The number of nitrogens with one attached hydrogen (secondary N) is 2. The highest BCUT2D eigenvalue weighted by atomic mass is 32.1. The molecule has 0 spiro atoms. The zero-order valence-corrected chi connectivity index (χ0v) is 16.3. The number of rotatable bonds is 6. The fraction of sp³-hybridized carbons (Fsp3) is 0.333. The summed E-state index contributed by atoms with van der Waals surface area (Å²) in [6, 6.07) is 10.1. The molecule has 0 saturated carbocycles. The van der Waals surface area contributed by atoms with Crippen LogP contribution in [-0.2, 0) is 6.54 Å². The maximum atomic E-state index is 13.1. The molecule has 0 aliphatic heterocycles. The summed E-state index contributed by atoms with van der Waals surface area (Å²) < 4.78 is 0. The first-order chi connectivity index (χ1) is 13.2. The molecule has 0 fully saturated rings. The third kappa shape index (κ3) is 3.90. The van der Waals surface area contributed by atoms with Crippen molar-refractivity contribution in [2.24, 2.45) is 0 Å². The number of fused-ring (bicyclic) bond motifs is 1. The summed E-state index contributed by atoms with van der Waals surface area (Å²) in [4.78, 5) is 22.7. The van der Waals surface area contributed by atoms with Crippen LogP contribution < -0.4 is 5.32 Å². The van der Waals surface area contributed by atoms with Crippen molar-refractivity contribution in [1.29, 1.82) is 0 Å². The second-order valence-electron chi connectivity index (χ2n) is 6.79. The number of para-hydroxylation sites is 1. The minimum atomic E-state index is 0.0659. The highest BCUT2D eigenvalue weighted by Crippen LogP contribution is 2.24. The summed E-state index contributed by atoms with van der Waals surface area (Å²) in [5.41, 5.74) is 2.88. The average Bonchev–Trinajstić information content (AvgIpc) is 3.37. The van der Waals surface area contributed by atoms with Crippen LogP contribution in [0.3, 0.4) is 0 Å². The Hall–Kier alpha value is -2.60. The molecule has 1 aliphatic rings. The molecular formula is C21H24N4OS. The van der Waals surface area contributed by atoms with Gasteiger partial charge in [-0.25, -0.2) is 4.98 Å². The van der Waals surface area contributed by atoms with Gasteiger partial charge in [0, 0.05) is 34.7 Å². The van der Waals surface area contributed by atoms with Crippen molar-refractivity contribution in [3.05, 3.63) is 64.4 Å². The highest BCUT2D eigenvalue weighted by molar-refractivity contribution is 7.09. The van der Waals surface area contributed by atoms with Crippen molar-refractivity contribution in [2.45, 2.75) is 38.8 Å². The molecule has 3 aromatic rings. The van der Waals surface area contributed by atoms with E-state index in [4.69, 9.17) is 0 Å². The SMILES string of the molecule is CCN(C(=O)c1cc2ccccc2[nH]1)[C@@H]1C=C(NCc2nccs2)CCC1. The van der Waals surface area contributed by atoms with Gasteiger partial charge in [0.15, 0.2) is 0 Å². The van der Waals surface area contributed by atoms with E-state index in [1.54, 1.807) is 11.3 Å². The molecule has 0 saturated heterocycles. The van der Waals surface area contributed by atoms with E-state index in [0.717, 1.165) is 41.7 Å². The van der Waals surface area contributed by atoms with Crippen LogP contribution in [-0.4, -0.2) is 33.4 Å². The molecule has 140 valence electrons. The Labute approximate surface area is 163 Å². The Morgan fingerprint density at radius 2 is 2.30 bits per heavy atom. The summed E-state index contributed by atoms with van der Waals surface area (Å²) in [5.74, 6) is 0.0659. The van der Waals surface area contributed by atoms with Crippen LogP contribution in [0, 0.1) is 0 Å². The van der Waals surface area contributed by atoms with E-state index in [1.165, 1.54) is 5.70 Å². The van der Waals surface area contributed by atoms with E-state index < -0.39 is 0 Å². The first-order valence-electron chi connectivity index (χ1n) is 9.46. The summed E-state index contributed by atoms with van der Waals surface area (Å²) in [7, 11) is 0. The van der Waals surface area contributed by atoms with Gasteiger partial charge in [0.2, 0.25) is 0 Å². The number of thiazole rings is 1. The topological polar surface area (TPSA) is 61.0 Å². The van der Waals surface area contributed by atoms with Crippen molar-refractivity contribution in [2.75, 3.05) is 6.54 Å². The maximum Gasteiger partial charge on any atom is 0.270 e. The van der Waals surface area contributed by atoms with E-state index in [0.29, 0.717) is 12.2 Å². The minimum absolute atomic E-state index is 0.0659. The highest BCUT2D eigenvalue weighted by Gasteiger charge is 2.25. The van der Waals surface area contributed by atoms with E-state index >= 15 is 0 Å². The van der Waals surface area contributed by atoms with Gasteiger partial charge < -0.3 is 15.2 Å². The number of aromatic nitrogens is 2. The first kappa shape index (κ1) is 17.8. The van der Waals surface area contributed by atoms with Crippen molar-refractivity contribution in [3.63, 3.8) is 0 Å². The number of aromatic amines is 1. The van der Waals surface area contributed by atoms with Crippen LogP contribution in [0.2, 0.25) is 0 Å². The molecule has 1 atom stereocenters. The van der Waals surface area contributed by atoms with Gasteiger partial charge in [0.1, 0.15) is 10.7 Å². The normalized spacial score (nSPS) is 16.9. The number of allylic oxidation sites excluding steroid dienone is 1. The van der Waals surface area contributed by atoms with Crippen molar-refractivity contribution < 1.29 is 4.79 Å². The van der Waals surface area contributed by atoms with Gasteiger partial charge in [0.05, 0.1) is 12.6 Å². The molecule has 0 radical (unpaired) electrons. The van der Waals surface area contributed by atoms with Crippen LogP contribution in [0.5, 0.6) is 0 Å². The van der Waals surface area contributed by atoms with Crippen LogP contribution in [0.25, 0.3) is 10.9 Å². The van der Waals surface area contributed by atoms with E-state index in [1.807, 2.05) is 53.7 Å².